The van der Waals surface area contributed by atoms with E-state index in [0.29, 0.717) is 6.07 Å². The zero-order valence-electron chi connectivity index (χ0n) is 16.7. The Bertz CT molecular complexity index is 1120. The molecular weight excluding hydrogens is 437 g/mol. The summed E-state index contributed by atoms with van der Waals surface area (Å²) in [6.45, 7) is 2.08. The molecule has 8 heteroatoms. The van der Waals surface area contributed by atoms with Crippen molar-refractivity contribution in [3.63, 3.8) is 0 Å². The van der Waals surface area contributed by atoms with Crippen LogP contribution < -0.4 is 4.74 Å². The molecular formula is C24H17F7O. The van der Waals surface area contributed by atoms with E-state index in [1.807, 2.05) is 24.3 Å². The highest BCUT2D eigenvalue weighted by Crippen LogP contribution is 2.36. The number of hydrogen-bond donors (Lipinski definition) is 0. The average molecular weight is 454 g/mol. The molecule has 0 aliphatic heterocycles. The molecule has 3 aromatic rings. The summed E-state index contributed by atoms with van der Waals surface area (Å²) in [7, 11) is 0. The second-order valence-electron chi connectivity index (χ2n) is 6.96. The summed E-state index contributed by atoms with van der Waals surface area (Å²) in [5.41, 5.74) is 2.92. The molecule has 0 N–H and O–H groups in total. The highest BCUT2D eigenvalue weighted by Gasteiger charge is 2.43. The molecule has 0 spiro atoms. The molecule has 1 nitrogen and oxygen atoms in total. The van der Waals surface area contributed by atoms with Crippen molar-refractivity contribution in [2.45, 2.75) is 25.9 Å². The van der Waals surface area contributed by atoms with E-state index in [1.165, 1.54) is 17.7 Å². The maximum atomic E-state index is 14.5. The quantitative estimate of drug-likeness (QED) is 0.326. The third-order valence-electron chi connectivity index (χ3n) is 4.73. The van der Waals surface area contributed by atoms with Gasteiger partial charge in [0, 0.05) is 5.56 Å². The molecule has 0 fully saturated rings. The van der Waals surface area contributed by atoms with Crippen LogP contribution in [0.1, 0.15) is 18.9 Å². The number of alkyl halides is 2. The van der Waals surface area contributed by atoms with Crippen molar-refractivity contribution in [1.82, 2.24) is 0 Å². The summed E-state index contributed by atoms with van der Waals surface area (Å²) in [6, 6.07) is 15.9. The van der Waals surface area contributed by atoms with Crippen LogP contribution in [-0.4, -0.2) is 6.11 Å². The molecule has 0 radical (unpaired) electrons. The van der Waals surface area contributed by atoms with Gasteiger partial charge in [-0.25, -0.2) is 4.39 Å². The van der Waals surface area contributed by atoms with Crippen molar-refractivity contribution in [2.24, 2.45) is 0 Å². The lowest BCUT2D eigenvalue weighted by molar-refractivity contribution is -0.161. The molecule has 3 aromatic carbocycles. The minimum absolute atomic E-state index is 0.243. The summed E-state index contributed by atoms with van der Waals surface area (Å²) in [4.78, 5) is 0. The predicted molar refractivity (Wildman–Crippen MR) is 107 cm³/mol. The minimum atomic E-state index is -5.15. The number of halogens is 7. The summed E-state index contributed by atoms with van der Waals surface area (Å²) in [6.07, 6.45) is -6.49. The smallest absolute Gasteiger partial charge is 0.424 e. The highest BCUT2D eigenvalue weighted by molar-refractivity contribution is 5.71. The van der Waals surface area contributed by atoms with Crippen molar-refractivity contribution in [2.75, 3.05) is 0 Å². The van der Waals surface area contributed by atoms with Crippen molar-refractivity contribution in [3.8, 4) is 28.0 Å². The number of rotatable bonds is 7. The molecule has 0 heterocycles. The second-order valence-corrected chi connectivity index (χ2v) is 6.96. The van der Waals surface area contributed by atoms with Gasteiger partial charge < -0.3 is 4.74 Å². The van der Waals surface area contributed by atoms with Crippen LogP contribution in [0.4, 0.5) is 30.7 Å². The van der Waals surface area contributed by atoms with Crippen molar-refractivity contribution >= 4 is 0 Å². The lowest BCUT2D eigenvalue weighted by Gasteiger charge is -2.17. The summed E-state index contributed by atoms with van der Waals surface area (Å²) < 4.78 is 96.0. The van der Waals surface area contributed by atoms with Crippen molar-refractivity contribution in [1.29, 1.82) is 0 Å². The van der Waals surface area contributed by atoms with Gasteiger partial charge >= 0.3 is 12.2 Å². The molecule has 0 amide bonds. The Morgan fingerprint density at radius 1 is 0.750 bits per heavy atom. The molecule has 3 rings (SSSR count). The fraction of sp³-hybridized carbons (Fsp3) is 0.167. The average Bonchev–Trinajstić information content (AvgIpc) is 2.77. The Morgan fingerprint density at radius 3 is 1.81 bits per heavy atom. The molecule has 0 atom stereocenters. The van der Waals surface area contributed by atoms with Gasteiger partial charge in [0.25, 0.3) is 5.83 Å². The van der Waals surface area contributed by atoms with Crippen LogP contribution in [0.2, 0.25) is 0 Å². The van der Waals surface area contributed by atoms with Gasteiger partial charge in [0.15, 0.2) is 11.6 Å². The third-order valence-corrected chi connectivity index (χ3v) is 4.73. The first-order valence-electron chi connectivity index (χ1n) is 9.60. The Labute approximate surface area is 179 Å². The standard InChI is InChI=1S/C24H17F7O/c1-2-3-14-4-6-15(7-5-14)16-8-10-17(11-9-16)18-12-13-19(21(26)20(18)25)32-24(30,31)22(27)23(28)29/h4-13H,2-3H2,1H3. The Morgan fingerprint density at radius 2 is 1.28 bits per heavy atom. The Balaban J connectivity index is 1.86. The highest BCUT2D eigenvalue weighted by atomic mass is 19.3. The van der Waals surface area contributed by atoms with E-state index in [1.54, 1.807) is 12.1 Å². The zero-order valence-corrected chi connectivity index (χ0v) is 16.7. The fourth-order valence-corrected chi connectivity index (χ4v) is 3.12. The topological polar surface area (TPSA) is 9.23 Å². The maximum Gasteiger partial charge on any atom is 0.459 e. The van der Waals surface area contributed by atoms with Crippen molar-refractivity contribution in [3.05, 3.63) is 89.8 Å². The largest absolute Gasteiger partial charge is 0.459 e. The molecule has 168 valence electrons. The first kappa shape index (κ1) is 23.4. The number of hydrogen-bond acceptors (Lipinski definition) is 1. The van der Waals surface area contributed by atoms with Gasteiger partial charge in [-0.2, -0.15) is 26.3 Å². The summed E-state index contributed by atoms with van der Waals surface area (Å²) in [5, 5.41) is 0. The van der Waals surface area contributed by atoms with E-state index in [0.717, 1.165) is 30.0 Å². The third kappa shape index (κ3) is 4.95. The van der Waals surface area contributed by atoms with E-state index in [-0.39, 0.29) is 11.1 Å². The molecule has 0 unspecified atom stereocenters. The van der Waals surface area contributed by atoms with Gasteiger partial charge in [-0.15, -0.1) is 0 Å². The van der Waals surface area contributed by atoms with E-state index in [9.17, 15) is 30.7 Å². The number of aryl methyl sites for hydroxylation is 1. The van der Waals surface area contributed by atoms with Crippen LogP contribution in [0.15, 0.2) is 72.6 Å². The fourth-order valence-electron chi connectivity index (χ4n) is 3.12. The number of ether oxygens (including phenoxy) is 1. The zero-order chi connectivity index (χ0) is 23.5. The lowest BCUT2D eigenvalue weighted by Crippen LogP contribution is -2.26. The SMILES string of the molecule is CCCc1ccc(-c2ccc(-c3ccc(OC(F)(F)C(F)=C(F)F)c(F)c3F)cc2)cc1. The van der Waals surface area contributed by atoms with Crippen molar-refractivity contribution < 1.29 is 35.5 Å². The van der Waals surface area contributed by atoms with Gasteiger partial charge in [-0.3, -0.25) is 0 Å². The van der Waals surface area contributed by atoms with Gasteiger partial charge in [-0.1, -0.05) is 61.9 Å². The van der Waals surface area contributed by atoms with Gasteiger partial charge in [0.05, 0.1) is 0 Å². The predicted octanol–water partition coefficient (Wildman–Crippen LogP) is 8.30. The Kier molecular flexibility index (Phi) is 6.91. The van der Waals surface area contributed by atoms with Crippen LogP contribution in [0, 0.1) is 11.6 Å². The number of benzene rings is 3. The van der Waals surface area contributed by atoms with Crippen LogP contribution in [0.5, 0.6) is 5.75 Å². The van der Waals surface area contributed by atoms with Crippen LogP contribution in [-0.2, 0) is 6.42 Å². The molecule has 32 heavy (non-hydrogen) atoms. The first-order chi connectivity index (χ1) is 15.1. The van der Waals surface area contributed by atoms with Gasteiger partial charge in [-0.05, 0) is 40.8 Å². The van der Waals surface area contributed by atoms with E-state index < -0.39 is 35.4 Å². The monoisotopic (exact) mass is 454 g/mol. The molecule has 0 aliphatic rings. The first-order valence-corrected chi connectivity index (χ1v) is 9.60. The van der Waals surface area contributed by atoms with Gasteiger partial charge in [0.1, 0.15) is 0 Å². The van der Waals surface area contributed by atoms with E-state index in [2.05, 4.69) is 11.7 Å². The molecule has 0 bridgehead atoms. The lowest BCUT2D eigenvalue weighted by atomic mass is 9.98. The van der Waals surface area contributed by atoms with Crippen LogP contribution in [0.3, 0.4) is 0 Å². The Hall–Kier alpha value is -3.29. The van der Waals surface area contributed by atoms with Gasteiger partial charge in [0.2, 0.25) is 5.82 Å². The molecule has 0 saturated heterocycles. The molecule has 0 saturated carbocycles. The normalized spacial score (nSPS) is 11.4. The molecule has 0 aromatic heterocycles. The van der Waals surface area contributed by atoms with Crippen LogP contribution >= 0.6 is 0 Å². The maximum absolute atomic E-state index is 14.5. The molecule has 0 aliphatic carbocycles. The minimum Gasteiger partial charge on any atom is -0.424 e. The van der Waals surface area contributed by atoms with E-state index in [4.69, 9.17) is 0 Å². The summed E-state index contributed by atoms with van der Waals surface area (Å²) >= 11 is 0. The second kappa shape index (κ2) is 9.46. The summed E-state index contributed by atoms with van der Waals surface area (Å²) in [5.74, 6) is -7.99. The van der Waals surface area contributed by atoms with Crippen LogP contribution in [0.25, 0.3) is 22.3 Å². The van der Waals surface area contributed by atoms with E-state index >= 15 is 0 Å².